The largest absolute Gasteiger partial charge is 0.467 e. The summed E-state index contributed by atoms with van der Waals surface area (Å²) in [4.78, 5) is 0. The Morgan fingerprint density at radius 1 is 1.62 bits per heavy atom. The van der Waals surface area contributed by atoms with Crippen LogP contribution in [0.1, 0.15) is 11.3 Å². The first-order valence-electron chi connectivity index (χ1n) is 3.53. The van der Waals surface area contributed by atoms with E-state index < -0.39 is 10.1 Å². The summed E-state index contributed by atoms with van der Waals surface area (Å²) in [6.07, 6.45) is 2.33. The number of rotatable bonds is 4. The average Bonchev–Trinajstić information content (AvgIpc) is 2.46. The van der Waals surface area contributed by atoms with Crippen molar-refractivity contribution in [2.24, 2.45) is 0 Å². The van der Waals surface area contributed by atoms with Crippen LogP contribution in [0, 0.1) is 0 Å². The van der Waals surface area contributed by atoms with Crippen LogP contribution in [-0.2, 0) is 27.5 Å². The summed E-state index contributed by atoms with van der Waals surface area (Å²) in [5.74, 6) is 0.323. The molecule has 74 valence electrons. The van der Waals surface area contributed by atoms with Crippen molar-refractivity contribution in [2.45, 2.75) is 13.2 Å². The quantitative estimate of drug-likeness (QED) is 0.714. The Bertz CT molecular complexity index is 364. The van der Waals surface area contributed by atoms with E-state index in [9.17, 15) is 8.42 Å². The van der Waals surface area contributed by atoms with Crippen molar-refractivity contribution in [1.29, 1.82) is 0 Å². The summed E-state index contributed by atoms with van der Waals surface area (Å²) in [6.45, 7) is -0.374. The van der Waals surface area contributed by atoms with Gasteiger partial charge in [0.05, 0.1) is 19.1 Å². The molecule has 0 fully saturated rings. The van der Waals surface area contributed by atoms with E-state index in [0.29, 0.717) is 11.3 Å². The molecule has 1 aromatic heterocycles. The van der Waals surface area contributed by atoms with E-state index in [2.05, 4.69) is 4.18 Å². The predicted molar refractivity (Wildman–Crippen MR) is 44.3 cm³/mol. The second-order valence-corrected chi connectivity index (χ2v) is 4.14. The van der Waals surface area contributed by atoms with Gasteiger partial charge in [-0.15, -0.1) is 0 Å². The minimum atomic E-state index is -3.45. The third-order valence-corrected chi connectivity index (χ3v) is 1.96. The summed E-state index contributed by atoms with van der Waals surface area (Å²) in [7, 11) is -3.45. The smallest absolute Gasteiger partial charge is 0.264 e. The lowest BCUT2D eigenvalue weighted by molar-refractivity contribution is 0.238. The molecule has 1 aromatic rings. The first-order valence-corrected chi connectivity index (χ1v) is 5.35. The lowest BCUT2D eigenvalue weighted by Gasteiger charge is -1.99. The van der Waals surface area contributed by atoms with Crippen molar-refractivity contribution < 1.29 is 22.1 Å². The highest BCUT2D eigenvalue weighted by molar-refractivity contribution is 7.85. The van der Waals surface area contributed by atoms with Crippen molar-refractivity contribution in [3.05, 3.63) is 23.7 Å². The standard InChI is InChI=1S/C7H10O5S/c1-13(9,10)12-5-6-2-3-11-7(6)4-8/h2-3,8H,4-5H2,1H3. The maximum atomic E-state index is 10.6. The number of aliphatic hydroxyl groups is 1. The molecule has 0 aromatic carbocycles. The van der Waals surface area contributed by atoms with Crippen LogP contribution >= 0.6 is 0 Å². The molecule has 1 heterocycles. The van der Waals surface area contributed by atoms with Gasteiger partial charge in [-0.3, -0.25) is 4.18 Å². The fraction of sp³-hybridized carbons (Fsp3) is 0.429. The van der Waals surface area contributed by atoms with Crippen molar-refractivity contribution in [3.63, 3.8) is 0 Å². The van der Waals surface area contributed by atoms with E-state index in [1.807, 2.05) is 0 Å². The van der Waals surface area contributed by atoms with E-state index in [-0.39, 0.29) is 13.2 Å². The summed E-state index contributed by atoms with van der Waals surface area (Å²) in [6, 6.07) is 1.55. The molecule has 0 unspecified atom stereocenters. The number of hydrogen-bond donors (Lipinski definition) is 1. The van der Waals surface area contributed by atoms with Crippen LogP contribution < -0.4 is 0 Å². The fourth-order valence-corrected chi connectivity index (χ4v) is 1.15. The number of furan rings is 1. The maximum Gasteiger partial charge on any atom is 0.264 e. The Hall–Kier alpha value is -0.850. The Labute approximate surface area is 76.1 Å². The molecule has 1 rings (SSSR count). The van der Waals surface area contributed by atoms with Gasteiger partial charge in [-0.25, -0.2) is 0 Å². The molecule has 0 bridgehead atoms. The second kappa shape index (κ2) is 3.91. The van der Waals surface area contributed by atoms with Crippen LogP contribution in [0.25, 0.3) is 0 Å². The third kappa shape index (κ3) is 3.17. The summed E-state index contributed by atoms with van der Waals surface area (Å²) in [5, 5.41) is 8.74. The zero-order chi connectivity index (χ0) is 9.90. The molecule has 0 saturated heterocycles. The Balaban J connectivity index is 2.64. The van der Waals surface area contributed by atoms with Gasteiger partial charge in [-0.2, -0.15) is 8.42 Å². The Morgan fingerprint density at radius 2 is 2.31 bits per heavy atom. The molecule has 0 amide bonds. The molecule has 13 heavy (non-hydrogen) atoms. The van der Waals surface area contributed by atoms with E-state index in [0.717, 1.165) is 6.26 Å². The minimum absolute atomic E-state index is 0.106. The fourth-order valence-electron chi connectivity index (χ4n) is 0.805. The van der Waals surface area contributed by atoms with E-state index in [4.69, 9.17) is 9.52 Å². The zero-order valence-electron chi connectivity index (χ0n) is 7.06. The van der Waals surface area contributed by atoms with Crippen LogP contribution in [0.5, 0.6) is 0 Å². The van der Waals surface area contributed by atoms with Gasteiger partial charge in [0, 0.05) is 5.56 Å². The van der Waals surface area contributed by atoms with Gasteiger partial charge < -0.3 is 9.52 Å². The SMILES string of the molecule is CS(=O)(=O)OCc1ccoc1CO. The molecule has 0 aliphatic carbocycles. The number of aliphatic hydroxyl groups excluding tert-OH is 1. The Morgan fingerprint density at radius 3 is 2.85 bits per heavy atom. The predicted octanol–water partition coefficient (Wildman–Crippen LogP) is 0.248. The highest BCUT2D eigenvalue weighted by Gasteiger charge is 2.08. The van der Waals surface area contributed by atoms with Crippen LogP contribution in [0.3, 0.4) is 0 Å². The van der Waals surface area contributed by atoms with Crippen LogP contribution in [-0.4, -0.2) is 19.8 Å². The molecule has 0 saturated carbocycles. The number of hydrogen-bond acceptors (Lipinski definition) is 5. The van der Waals surface area contributed by atoms with E-state index in [1.165, 1.54) is 6.26 Å². The lowest BCUT2D eigenvalue weighted by Crippen LogP contribution is -2.03. The van der Waals surface area contributed by atoms with Gasteiger partial charge in [0.1, 0.15) is 12.4 Å². The topological polar surface area (TPSA) is 76.7 Å². The second-order valence-electron chi connectivity index (χ2n) is 2.49. The normalized spacial score (nSPS) is 11.8. The van der Waals surface area contributed by atoms with Crippen LogP contribution in [0.15, 0.2) is 16.7 Å². The third-order valence-electron chi connectivity index (χ3n) is 1.41. The molecule has 0 aliphatic heterocycles. The van der Waals surface area contributed by atoms with Crippen molar-refractivity contribution in [1.82, 2.24) is 0 Å². The van der Waals surface area contributed by atoms with E-state index in [1.54, 1.807) is 6.07 Å². The first kappa shape index (κ1) is 10.2. The van der Waals surface area contributed by atoms with Gasteiger partial charge in [-0.05, 0) is 6.07 Å². The molecule has 0 spiro atoms. The van der Waals surface area contributed by atoms with E-state index >= 15 is 0 Å². The molecule has 0 radical (unpaired) electrons. The molecule has 5 nitrogen and oxygen atoms in total. The monoisotopic (exact) mass is 206 g/mol. The summed E-state index contributed by atoms with van der Waals surface area (Å²) in [5.41, 5.74) is 0.535. The van der Waals surface area contributed by atoms with Crippen LogP contribution in [0.2, 0.25) is 0 Å². The first-order chi connectivity index (χ1) is 6.03. The molecular formula is C7H10O5S. The molecule has 0 atom stereocenters. The summed E-state index contributed by atoms with van der Waals surface area (Å²) >= 11 is 0. The molecular weight excluding hydrogens is 196 g/mol. The maximum absolute atomic E-state index is 10.6. The highest BCUT2D eigenvalue weighted by atomic mass is 32.2. The minimum Gasteiger partial charge on any atom is -0.467 e. The highest BCUT2D eigenvalue weighted by Crippen LogP contribution is 2.12. The van der Waals surface area contributed by atoms with Crippen molar-refractivity contribution >= 4 is 10.1 Å². The van der Waals surface area contributed by atoms with Crippen LogP contribution in [0.4, 0.5) is 0 Å². The van der Waals surface area contributed by atoms with Gasteiger partial charge in [-0.1, -0.05) is 0 Å². The lowest BCUT2D eigenvalue weighted by atomic mass is 10.3. The molecule has 1 N–H and O–H groups in total. The van der Waals surface area contributed by atoms with Crippen molar-refractivity contribution in [2.75, 3.05) is 6.26 Å². The van der Waals surface area contributed by atoms with Gasteiger partial charge >= 0.3 is 0 Å². The van der Waals surface area contributed by atoms with Gasteiger partial charge in [0.25, 0.3) is 10.1 Å². The summed E-state index contributed by atoms with van der Waals surface area (Å²) < 4.78 is 30.6. The molecule has 0 aliphatic rings. The Kier molecular flexibility index (Phi) is 3.07. The van der Waals surface area contributed by atoms with Gasteiger partial charge in [0.2, 0.25) is 0 Å². The van der Waals surface area contributed by atoms with Crippen molar-refractivity contribution in [3.8, 4) is 0 Å². The zero-order valence-corrected chi connectivity index (χ0v) is 7.87. The molecule has 6 heteroatoms. The van der Waals surface area contributed by atoms with Gasteiger partial charge in [0.15, 0.2) is 0 Å². The average molecular weight is 206 g/mol.